The summed E-state index contributed by atoms with van der Waals surface area (Å²) in [6.45, 7) is 28.4. The Morgan fingerprint density at radius 2 is 1.25 bits per heavy atom. The Bertz CT molecular complexity index is 3060. The summed E-state index contributed by atoms with van der Waals surface area (Å²) in [5.74, 6) is 0.742. The molecule has 0 saturated carbocycles. The lowest BCUT2D eigenvalue weighted by molar-refractivity contribution is 0.446. The number of hydrogen-bond donors (Lipinski definition) is 1. The number of hydrogen-bond acceptors (Lipinski definition) is 3. The third-order valence-corrected chi connectivity index (χ3v) is 12.7. The van der Waals surface area contributed by atoms with Crippen molar-refractivity contribution < 1.29 is 6.48 Å². The van der Waals surface area contributed by atoms with E-state index in [1.807, 2.05) is 20.0 Å². The monoisotopic (exact) mass is 859 g/mol. The standard InChI is InChI=1S/C61H67N3O/c1-38(2)30-44-34-49(26-27-50(44)42-18-15-14-16-19-42)64-55-21-17-20-51(56(55)63-58(64)52-36-48(60(8,9)10)37-53(57(52)65)61(11,12)13)45-31-46(33-47(32-45)59(5,6)7)54-35-43(28-29-62-54)41-24-22-40(23-25-41)39(3)4/h14-29,31-39,65H,30H2,1-13H3/i39D. The summed E-state index contributed by atoms with van der Waals surface area (Å²) in [7, 11) is 0. The first-order chi connectivity index (χ1) is 31.0. The molecule has 0 aliphatic heterocycles. The molecule has 0 amide bonds. The van der Waals surface area contributed by atoms with Crippen LogP contribution in [0.25, 0.3) is 72.7 Å². The van der Waals surface area contributed by atoms with Crippen LogP contribution in [-0.4, -0.2) is 19.6 Å². The predicted molar refractivity (Wildman–Crippen MR) is 276 cm³/mol. The lowest BCUT2D eigenvalue weighted by Gasteiger charge is -2.27. The summed E-state index contributed by atoms with van der Waals surface area (Å²) in [5, 5.41) is 12.5. The number of phenols is 1. The predicted octanol–water partition coefficient (Wildman–Crippen LogP) is 16.7. The number of nitrogens with zero attached hydrogens (tertiary/aromatic N) is 3. The van der Waals surface area contributed by atoms with E-state index >= 15 is 0 Å². The van der Waals surface area contributed by atoms with Crippen molar-refractivity contribution in [2.24, 2.45) is 5.92 Å². The van der Waals surface area contributed by atoms with Crippen LogP contribution < -0.4 is 0 Å². The fourth-order valence-corrected chi connectivity index (χ4v) is 8.94. The van der Waals surface area contributed by atoms with Crippen LogP contribution in [0.2, 0.25) is 0 Å². The van der Waals surface area contributed by atoms with Gasteiger partial charge in [-0.05, 0) is 133 Å². The molecule has 0 unspecified atom stereocenters. The zero-order valence-electron chi connectivity index (χ0n) is 41.9. The van der Waals surface area contributed by atoms with Gasteiger partial charge in [0, 0.05) is 29.9 Å². The molecule has 0 spiro atoms. The van der Waals surface area contributed by atoms with E-state index in [2.05, 4.69) is 214 Å². The van der Waals surface area contributed by atoms with Crippen molar-refractivity contribution in [1.29, 1.82) is 0 Å². The molecule has 0 aliphatic rings. The Morgan fingerprint density at radius 1 is 0.569 bits per heavy atom. The van der Waals surface area contributed by atoms with Crippen LogP contribution in [0.15, 0.2) is 140 Å². The van der Waals surface area contributed by atoms with Crippen molar-refractivity contribution >= 4 is 11.0 Å². The van der Waals surface area contributed by atoms with Crippen LogP contribution in [0.4, 0.5) is 0 Å². The molecule has 1 N–H and O–H groups in total. The summed E-state index contributed by atoms with van der Waals surface area (Å²) in [6, 6.07) is 47.7. The Balaban J connectivity index is 1.39. The number of fused-ring (bicyclic) bond motifs is 1. The van der Waals surface area contributed by atoms with Gasteiger partial charge in [-0.15, -0.1) is 0 Å². The lowest BCUT2D eigenvalue weighted by Crippen LogP contribution is -2.17. The van der Waals surface area contributed by atoms with Crippen molar-refractivity contribution in [3.8, 4) is 67.5 Å². The molecule has 0 bridgehead atoms. The molecule has 0 aliphatic carbocycles. The maximum Gasteiger partial charge on any atom is 0.149 e. The third-order valence-electron chi connectivity index (χ3n) is 12.7. The van der Waals surface area contributed by atoms with Gasteiger partial charge in [0.15, 0.2) is 0 Å². The van der Waals surface area contributed by atoms with E-state index in [1.54, 1.807) is 0 Å². The fourth-order valence-electron chi connectivity index (χ4n) is 8.94. The van der Waals surface area contributed by atoms with E-state index in [0.717, 1.165) is 78.9 Å². The number of benzene rings is 6. The maximum absolute atomic E-state index is 12.5. The van der Waals surface area contributed by atoms with E-state index in [-0.39, 0.29) is 22.0 Å². The average molecular weight is 859 g/mol. The zero-order valence-corrected chi connectivity index (χ0v) is 40.9. The molecule has 65 heavy (non-hydrogen) atoms. The summed E-state index contributed by atoms with van der Waals surface area (Å²) < 4.78 is 10.8. The third kappa shape index (κ3) is 9.32. The largest absolute Gasteiger partial charge is 0.507 e. The molecule has 4 heteroatoms. The zero-order chi connectivity index (χ0) is 47.5. The van der Waals surface area contributed by atoms with E-state index in [9.17, 15) is 5.11 Å². The molecule has 0 atom stereocenters. The molecule has 8 aromatic rings. The van der Waals surface area contributed by atoms with Crippen LogP contribution in [-0.2, 0) is 22.7 Å². The molecule has 6 aromatic carbocycles. The quantitative estimate of drug-likeness (QED) is 0.157. The summed E-state index contributed by atoms with van der Waals surface area (Å²) in [5.41, 5.74) is 16.9. The first kappa shape index (κ1) is 44.0. The highest BCUT2D eigenvalue weighted by molar-refractivity contribution is 5.97. The Morgan fingerprint density at radius 3 is 1.89 bits per heavy atom. The number of rotatable bonds is 9. The number of aromatic hydroxyl groups is 1. The molecular weight excluding hydrogens is 791 g/mol. The van der Waals surface area contributed by atoms with Crippen LogP contribution in [0.3, 0.4) is 0 Å². The molecular formula is C61H67N3O. The minimum absolute atomic E-state index is 0.157. The SMILES string of the molecule is [2H]C(C)(C)c1ccc(-c2ccnc(-c3cc(-c4cccc5c4nc(-c4cc(C(C)(C)C)cc(C(C)(C)C)c4O)n5-c4ccc(-c5ccccc5)c(CC(C)C)c4)cc(C(C)(C)C)c3)c2)cc1. The number of imidazole rings is 1. The molecule has 0 saturated heterocycles. The van der Waals surface area contributed by atoms with Crippen LogP contribution >= 0.6 is 0 Å². The Hall–Kier alpha value is -6.26. The second-order valence-electron chi connectivity index (χ2n) is 21.7. The number of aromatic nitrogens is 3. The van der Waals surface area contributed by atoms with Gasteiger partial charge in [-0.3, -0.25) is 9.55 Å². The summed E-state index contributed by atoms with van der Waals surface area (Å²) in [4.78, 5) is 10.6. The van der Waals surface area contributed by atoms with Crippen LogP contribution in [0.5, 0.6) is 5.75 Å². The molecule has 8 rings (SSSR count). The highest BCUT2D eigenvalue weighted by atomic mass is 16.3. The van der Waals surface area contributed by atoms with Crippen molar-refractivity contribution in [2.45, 2.75) is 119 Å². The van der Waals surface area contributed by atoms with Gasteiger partial charge in [-0.1, -0.05) is 175 Å². The van der Waals surface area contributed by atoms with Gasteiger partial charge in [-0.2, -0.15) is 0 Å². The first-order valence-electron chi connectivity index (χ1n) is 23.8. The smallest absolute Gasteiger partial charge is 0.149 e. The van der Waals surface area contributed by atoms with Crippen molar-refractivity contribution in [3.05, 3.63) is 167 Å². The number of pyridine rings is 1. The molecule has 2 aromatic heterocycles. The molecule has 0 radical (unpaired) electrons. The average Bonchev–Trinajstić information content (AvgIpc) is 3.65. The topological polar surface area (TPSA) is 50.9 Å². The first-order valence-corrected chi connectivity index (χ1v) is 23.3. The van der Waals surface area contributed by atoms with Gasteiger partial charge in [-0.25, -0.2) is 4.98 Å². The van der Waals surface area contributed by atoms with Crippen molar-refractivity contribution in [3.63, 3.8) is 0 Å². The van der Waals surface area contributed by atoms with Gasteiger partial charge in [0.05, 0.1) is 22.3 Å². The van der Waals surface area contributed by atoms with Crippen LogP contribution in [0.1, 0.15) is 125 Å². The fraction of sp³-hybridized carbons (Fsp3) is 0.311. The lowest BCUT2D eigenvalue weighted by atomic mass is 9.79. The second kappa shape index (κ2) is 17.3. The van der Waals surface area contributed by atoms with Crippen molar-refractivity contribution in [1.82, 2.24) is 14.5 Å². The Labute approximate surface area is 389 Å². The van der Waals surface area contributed by atoms with E-state index in [1.165, 1.54) is 22.3 Å². The van der Waals surface area contributed by atoms with Gasteiger partial charge in [0.2, 0.25) is 0 Å². The van der Waals surface area contributed by atoms with Crippen molar-refractivity contribution in [2.75, 3.05) is 0 Å². The second-order valence-corrected chi connectivity index (χ2v) is 21.7. The van der Waals surface area contributed by atoms with Crippen LogP contribution in [0, 0.1) is 5.92 Å². The number of phenolic OH excluding ortho intramolecular Hbond substituents is 1. The molecule has 2 heterocycles. The van der Waals surface area contributed by atoms with E-state index in [0.29, 0.717) is 11.7 Å². The van der Waals surface area contributed by atoms with Gasteiger partial charge in [0.1, 0.15) is 11.6 Å². The highest BCUT2D eigenvalue weighted by Crippen LogP contribution is 2.45. The van der Waals surface area contributed by atoms with E-state index in [4.69, 9.17) is 11.3 Å². The molecule has 4 nitrogen and oxygen atoms in total. The highest BCUT2D eigenvalue weighted by Gasteiger charge is 2.29. The van der Waals surface area contributed by atoms with Gasteiger partial charge < -0.3 is 5.11 Å². The minimum Gasteiger partial charge on any atom is -0.507 e. The minimum atomic E-state index is -0.666. The summed E-state index contributed by atoms with van der Waals surface area (Å²) in [6.07, 6.45) is 2.81. The van der Waals surface area contributed by atoms with E-state index < -0.39 is 5.89 Å². The number of para-hydroxylation sites is 1. The normalized spacial score (nSPS) is 12.9. The molecule has 332 valence electrons. The molecule has 0 fully saturated rings. The van der Waals surface area contributed by atoms with Gasteiger partial charge in [0.25, 0.3) is 0 Å². The summed E-state index contributed by atoms with van der Waals surface area (Å²) >= 11 is 0. The Kier molecular flexibility index (Phi) is 11.7. The maximum atomic E-state index is 12.5. The van der Waals surface area contributed by atoms with Gasteiger partial charge >= 0.3 is 0 Å².